The van der Waals surface area contributed by atoms with Crippen LogP contribution in [0, 0.1) is 0 Å². The van der Waals surface area contributed by atoms with Crippen molar-refractivity contribution >= 4 is 12.1 Å². The predicted molar refractivity (Wildman–Crippen MR) is 70.4 cm³/mol. The lowest BCUT2D eigenvalue weighted by Gasteiger charge is -2.21. The van der Waals surface area contributed by atoms with Crippen molar-refractivity contribution < 1.29 is 19.1 Å². The minimum Gasteiger partial charge on any atom is -0.464 e. The third-order valence-corrected chi connectivity index (χ3v) is 3.00. The highest BCUT2D eigenvalue weighted by Gasteiger charge is 2.32. The van der Waals surface area contributed by atoms with Gasteiger partial charge in [-0.25, -0.2) is 9.59 Å². The number of amides is 1. The molecule has 2 rings (SSSR count). The molecule has 7 nitrogen and oxygen atoms in total. The van der Waals surface area contributed by atoms with Crippen LogP contribution in [0.1, 0.15) is 55.0 Å². The van der Waals surface area contributed by atoms with Crippen LogP contribution in [0.25, 0.3) is 0 Å². The molecule has 7 heteroatoms. The molecule has 1 aromatic heterocycles. The molecule has 0 spiro atoms. The van der Waals surface area contributed by atoms with Crippen molar-refractivity contribution in [2.24, 2.45) is 0 Å². The normalized spacial score (nSPS) is 17.5. The third-order valence-electron chi connectivity index (χ3n) is 3.00. The number of esters is 1. The van der Waals surface area contributed by atoms with Crippen molar-refractivity contribution in [3.8, 4) is 0 Å². The Morgan fingerprint density at radius 1 is 1.40 bits per heavy atom. The first kappa shape index (κ1) is 14.4. The quantitative estimate of drug-likeness (QED) is 0.805. The lowest BCUT2D eigenvalue weighted by molar-refractivity contribution is 0.0501. The smallest absolute Gasteiger partial charge is 0.408 e. The highest BCUT2D eigenvalue weighted by molar-refractivity contribution is 5.89. The zero-order valence-corrected chi connectivity index (χ0v) is 12.1. The van der Waals surface area contributed by atoms with E-state index in [1.165, 1.54) is 7.11 Å². The fourth-order valence-corrected chi connectivity index (χ4v) is 2.21. The highest BCUT2D eigenvalue weighted by Crippen LogP contribution is 2.31. The summed E-state index contributed by atoms with van der Waals surface area (Å²) >= 11 is 0. The van der Waals surface area contributed by atoms with Crippen LogP contribution >= 0.6 is 0 Å². The van der Waals surface area contributed by atoms with Gasteiger partial charge in [0.05, 0.1) is 18.8 Å². The number of H-pyrrole nitrogens is 1. The minimum atomic E-state index is -0.545. The molecule has 1 heterocycles. The number of alkyl carbamates (subject to hydrolysis) is 1. The molecule has 1 aromatic rings. The number of fused-ring (bicyclic) bond motifs is 1. The molecule has 0 saturated heterocycles. The van der Waals surface area contributed by atoms with Crippen LogP contribution < -0.4 is 5.32 Å². The zero-order chi connectivity index (χ0) is 14.9. The summed E-state index contributed by atoms with van der Waals surface area (Å²) in [7, 11) is 1.31. The Balaban J connectivity index is 2.08. The van der Waals surface area contributed by atoms with Gasteiger partial charge in [0.15, 0.2) is 5.69 Å². The van der Waals surface area contributed by atoms with Crippen LogP contribution in [0.15, 0.2) is 0 Å². The third kappa shape index (κ3) is 2.92. The first-order valence-electron chi connectivity index (χ1n) is 6.47. The van der Waals surface area contributed by atoms with Crippen LogP contribution in [-0.2, 0) is 15.9 Å². The van der Waals surface area contributed by atoms with Crippen LogP contribution in [0.4, 0.5) is 4.79 Å². The Hall–Kier alpha value is -2.05. The largest absolute Gasteiger partial charge is 0.464 e. The molecule has 2 N–H and O–H groups in total. The van der Waals surface area contributed by atoms with Gasteiger partial charge in [-0.15, -0.1) is 0 Å². The van der Waals surface area contributed by atoms with E-state index < -0.39 is 17.7 Å². The highest BCUT2D eigenvalue weighted by atomic mass is 16.6. The fourth-order valence-electron chi connectivity index (χ4n) is 2.21. The number of nitrogens with one attached hydrogen (secondary N) is 2. The second kappa shape index (κ2) is 5.15. The van der Waals surface area contributed by atoms with Gasteiger partial charge in [-0.2, -0.15) is 5.10 Å². The Morgan fingerprint density at radius 2 is 2.10 bits per heavy atom. The number of carbonyl (C=O) groups excluding carboxylic acids is 2. The molecule has 0 fully saturated rings. The Bertz CT molecular complexity index is 530. The molecular weight excluding hydrogens is 262 g/mol. The number of ether oxygens (including phenoxy) is 2. The van der Waals surface area contributed by atoms with Gasteiger partial charge in [-0.05, 0) is 33.6 Å². The molecule has 1 amide bonds. The number of hydrogen-bond acceptors (Lipinski definition) is 5. The van der Waals surface area contributed by atoms with Crippen LogP contribution in [0.3, 0.4) is 0 Å². The van der Waals surface area contributed by atoms with Crippen molar-refractivity contribution in [1.82, 2.24) is 15.5 Å². The number of hydrogen-bond donors (Lipinski definition) is 2. The molecule has 0 aliphatic heterocycles. The standard InChI is InChI=1S/C13H19N3O4/c1-13(2,3)20-12(18)14-8-6-5-7-9(8)15-16-10(7)11(17)19-4/h8H,5-6H2,1-4H3,(H,14,18)(H,15,16). The number of aromatic nitrogens is 2. The van der Waals surface area contributed by atoms with Gasteiger partial charge in [0, 0.05) is 5.56 Å². The molecule has 0 aromatic carbocycles. The second-order valence-electron chi connectivity index (χ2n) is 5.69. The van der Waals surface area contributed by atoms with Gasteiger partial charge in [-0.1, -0.05) is 0 Å². The number of methoxy groups -OCH3 is 1. The Morgan fingerprint density at radius 3 is 2.70 bits per heavy atom. The molecule has 0 radical (unpaired) electrons. The van der Waals surface area contributed by atoms with Crippen LogP contribution in [-0.4, -0.2) is 35.0 Å². The summed E-state index contributed by atoms with van der Waals surface area (Å²) in [4.78, 5) is 23.3. The number of rotatable bonds is 2. The Labute approximate surface area is 117 Å². The minimum absolute atomic E-state index is 0.217. The van der Waals surface area contributed by atoms with Crippen molar-refractivity contribution in [2.45, 2.75) is 45.3 Å². The second-order valence-corrected chi connectivity index (χ2v) is 5.69. The maximum Gasteiger partial charge on any atom is 0.408 e. The summed E-state index contributed by atoms with van der Waals surface area (Å²) in [5.74, 6) is -0.472. The maximum atomic E-state index is 11.8. The van der Waals surface area contributed by atoms with Gasteiger partial charge in [0.1, 0.15) is 5.60 Å². The van der Waals surface area contributed by atoms with Gasteiger partial charge < -0.3 is 14.8 Å². The van der Waals surface area contributed by atoms with E-state index >= 15 is 0 Å². The maximum absolute atomic E-state index is 11.8. The summed E-state index contributed by atoms with van der Waals surface area (Å²) in [5, 5.41) is 9.52. The molecule has 1 unspecified atom stereocenters. The van der Waals surface area contributed by atoms with E-state index in [0.717, 1.165) is 11.3 Å². The van der Waals surface area contributed by atoms with Gasteiger partial charge in [-0.3, -0.25) is 5.10 Å². The van der Waals surface area contributed by atoms with E-state index in [9.17, 15) is 9.59 Å². The summed E-state index contributed by atoms with van der Waals surface area (Å²) in [6, 6.07) is -0.217. The molecule has 110 valence electrons. The van der Waals surface area contributed by atoms with Crippen molar-refractivity contribution in [3.05, 3.63) is 17.0 Å². The van der Waals surface area contributed by atoms with Gasteiger partial charge in [0.25, 0.3) is 0 Å². The van der Waals surface area contributed by atoms with E-state index in [4.69, 9.17) is 4.74 Å². The number of aromatic amines is 1. The predicted octanol–water partition coefficient (Wildman–Crippen LogP) is 1.71. The fraction of sp³-hybridized carbons (Fsp3) is 0.615. The SMILES string of the molecule is COC(=O)c1n[nH]c2c1CCC2NC(=O)OC(C)(C)C. The Kier molecular flexibility index (Phi) is 3.69. The van der Waals surface area contributed by atoms with E-state index in [1.54, 1.807) is 20.8 Å². The lowest BCUT2D eigenvalue weighted by Crippen LogP contribution is -2.34. The summed E-state index contributed by atoms with van der Waals surface area (Å²) in [6.07, 6.45) is 0.883. The number of nitrogens with zero attached hydrogens (tertiary/aromatic N) is 1. The topological polar surface area (TPSA) is 93.3 Å². The van der Waals surface area contributed by atoms with Gasteiger partial charge >= 0.3 is 12.1 Å². The zero-order valence-electron chi connectivity index (χ0n) is 12.1. The summed E-state index contributed by atoms with van der Waals surface area (Å²) in [5.41, 5.74) is 1.29. The molecule has 1 atom stereocenters. The van der Waals surface area contributed by atoms with E-state index in [-0.39, 0.29) is 11.7 Å². The number of carbonyl (C=O) groups is 2. The van der Waals surface area contributed by atoms with Crippen molar-refractivity contribution in [3.63, 3.8) is 0 Å². The molecule has 20 heavy (non-hydrogen) atoms. The van der Waals surface area contributed by atoms with Crippen molar-refractivity contribution in [2.75, 3.05) is 7.11 Å². The lowest BCUT2D eigenvalue weighted by atomic mass is 10.2. The average molecular weight is 281 g/mol. The van der Waals surface area contributed by atoms with E-state index in [0.29, 0.717) is 12.8 Å². The summed E-state index contributed by atoms with van der Waals surface area (Å²) < 4.78 is 9.88. The average Bonchev–Trinajstić information content (AvgIpc) is 2.89. The monoisotopic (exact) mass is 281 g/mol. The first-order chi connectivity index (χ1) is 9.31. The molecule has 1 aliphatic rings. The van der Waals surface area contributed by atoms with Crippen molar-refractivity contribution in [1.29, 1.82) is 0 Å². The first-order valence-corrected chi connectivity index (χ1v) is 6.47. The molecular formula is C13H19N3O4. The van der Waals surface area contributed by atoms with E-state index in [2.05, 4.69) is 20.3 Å². The van der Waals surface area contributed by atoms with Gasteiger partial charge in [0.2, 0.25) is 0 Å². The molecule has 0 bridgehead atoms. The summed E-state index contributed by atoms with van der Waals surface area (Å²) in [6.45, 7) is 5.41. The van der Waals surface area contributed by atoms with Crippen LogP contribution in [0.2, 0.25) is 0 Å². The van der Waals surface area contributed by atoms with E-state index in [1.807, 2.05) is 0 Å². The molecule has 1 aliphatic carbocycles. The van der Waals surface area contributed by atoms with Crippen LogP contribution in [0.5, 0.6) is 0 Å². The molecule has 0 saturated carbocycles.